The van der Waals surface area contributed by atoms with Crippen LogP contribution < -0.4 is 5.32 Å². The number of ketones is 1. The Morgan fingerprint density at radius 1 is 1.33 bits per heavy atom. The number of benzene rings is 1. The third-order valence-electron chi connectivity index (χ3n) is 2.46. The van der Waals surface area contributed by atoms with E-state index in [2.05, 4.69) is 10.3 Å². The van der Waals surface area contributed by atoms with Crippen molar-refractivity contribution in [3.63, 3.8) is 0 Å². The van der Waals surface area contributed by atoms with E-state index in [0.29, 0.717) is 16.9 Å². The van der Waals surface area contributed by atoms with Crippen LogP contribution in [0.5, 0.6) is 0 Å². The van der Waals surface area contributed by atoms with Crippen molar-refractivity contribution in [2.45, 2.75) is 6.92 Å². The lowest BCUT2D eigenvalue weighted by atomic mass is 10.1. The molecule has 0 atom stereocenters. The van der Waals surface area contributed by atoms with Crippen molar-refractivity contribution in [3.05, 3.63) is 48.0 Å². The second kappa shape index (κ2) is 4.83. The molecule has 18 heavy (non-hydrogen) atoms. The van der Waals surface area contributed by atoms with Gasteiger partial charge < -0.3 is 9.88 Å². The van der Waals surface area contributed by atoms with Crippen LogP contribution in [0.25, 0.3) is 0 Å². The maximum atomic E-state index is 11.8. The molecule has 0 saturated carbocycles. The van der Waals surface area contributed by atoms with Gasteiger partial charge in [-0.2, -0.15) is 0 Å². The number of rotatable bonds is 3. The van der Waals surface area contributed by atoms with Gasteiger partial charge in [0.2, 0.25) is 0 Å². The molecule has 1 heterocycles. The van der Waals surface area contributed by atoms with Gasteiger partial charge in [0, 0.05) is 24.5 Å². The Morgan fingerprint density at radius 3 is 2.72 bits per heavy atom. The average molecular weight is 243 g/mol. The largest absolute Gasteiger partial charge is 0.340 e. The summed E-state index contributed by atoms with van der Waals surface area (Å²) in [5.41, 5.74) is 1.48. The van der Waals surface area contributed by atoms with Gasteiger partial charge in [-0.25, -0.2) is 4.98 Å². The molecule has 2 rings (SSSR count). The summed E-state index contributed by atoms with van der Waals surface area (Å²) < 4.78 is 1.70. The van der Waals surface area contributed by atoms with E-state index in [1.54, 1.807) is 48.4 Å². The Balaban J connectivity index is 2.16. The van der Waals surface area contributed by atoms with Gasteiger partial charge in [-0.1, -0.05) is 12.1 Å². The number of imidazole rings is 1. The van der Waals surface area contributed by atoms with E-state index in [1.165, 1.54) is 6.92 Å². The van der Waals surface area contributed by atoms with E-state index in [9.17, 15) is 9.59 Å². The number of Topliss-reactive ketones (excluding diaryl/α,β-unsaturated/α-hetero) is 1. The van der Waals surface area contributed by atoms with Gasteiger partial charge in [0.15, 0.2) is 5.78 Å². The van der Waals surface area contributed by atoms with Crippen molar-refractivity contribution >= 4 is 17.4 Å². The topological polar surface area (TPSA) is 64.0 Å². The molecular weight excluding hydrogens is 230 g/mol. The first-order chi connectivity index (χ1) is 8.56. The third kappa shape index (κ3) is 2.63. The van der Waals surface area contributed by atoms with E-state index < -0.39 is 0 Å². The summed E-state index contributed by atoms with van der Waals surface area (Å²) in [7, 11) is 1.79. The average Bonchev–Trinajstić information content (AvgIpc) is 2.76. The number of nitrogens with zero attached hydrogens (tertiary/aromatic N) is 2. The second-order valence-corrected chi connectivity index (χ2v) is 4.02. The summed E-state index contributed by atoms with van der Waals surface area (Å²) in [6.45, 7) is 1.49. The maximum absolute atomic E-state index is 11.8. The number of nitrogens with one attached hydrogen (secondary N) is 1. The molecule has 0 aliphatic rings. The minimum Gasteiger partial charge on any atom is -0.340 e. The van der Waals surface area contributed by atoms with Crippen LogP contribution in [-0.2, 0) is 7.05 Å². The molecule has 0 fully saturated rings. The molecular formula is C13H13N3O2. The molecule has 1 amide bonds. The Hall–Kier alpha value is -2.43. The van der Waals surface area contributed by atoms with Crippen LogP contribution in [0.3, 0.4) is 0 Å². The monoisotopic (exact) mass is 243 g/mol. The molecule has 0 unspecified atom stereocenters. The van der Waals surface area contributed by atoms with Crippen LogP contribution in [0, 0.1) is 0 Å². The van der Waals surface area contributed by atoms with Crippen molar-refractivity contribution in [1.29, 1.82) is 0 Å². The van der Waals surface area contributed by atoms with Gasteiger partial charge in [-0.15, -0.1) is 0 Å². The number of hydrogen-bond donors (Lipinski definition) is 1. The quantitative estimate of drug-likeness (QED) is 0.837. The number of carbonyl (C=O) groups is 2. The fourth-order valence-corrected chi connectivity index (χ4v) is 1.54. The van der Waals surface area contributed by atoms with Crippen LogP contribution in [-0.4, -0.2) is 21.2 Å². The van der Waals surface area contributed by atoms with Gasteiger partial charge in [-0.05, 0) is 19.1 Å². The zero-order chi connectivity index (χ0) is 13.1. The predicted octanol–water partition coefficient (Wildman–Crippen LogP) is 1.87. The Bertz CT molecular complexity index is 602. The molecule has 2 aromatic rings. The number of anilines is 1. The summed E-state index contributed by atoms with van der Waals surface area (Å²) in [5.74, 6) is -0.333. The van der Waals surface area contributed by atoms with Crippen LogP contribution >= 0.6 is 0 Å². The van der Waals surface area contributed by atoms with Crippen LogP contribution in [0.4, 0.5) is 5.69 Å². The predicted molar refractivity (Wildman–Crippen MR) is 67.6 cm³/mol. The van der Waals surface area contributed by atoms with Gasteiger partial charge in [-0.3, -0.25) is 9.59 Å². The second-order valence-electron chi connectivity index (χ2n) is 4.02. The molecule has 92 valence electrons. The molecule has 0 bridgehead atoms. The van der Waals surface area contributed by atoms with E-state index >= 15 is 0 Å². The molecule has 0 spiro atoms. The third-order valence-corrected chi connectivity index (χ3v) is 2.46. The van der Waals surface area contributed by atoms with Crippen LogP contribution in [0.1, 0.15) is 27.8 Å². The van der Waals surface area contributed by atoms with Crippen molar-refractivity contribution in [2.75, 3.05) is 5.32 Å². The molecule has 5 nitrogen and oxygen atoms in total. The molecule has 1 aromatic carbocycles. The Morgan fingerprint density at radius 2 is 2.11 bits per heavy atom. The van der Waals surface area contributed by atoms with E-state index in [0.717, 1.165) is 0 Å². The minimum atomic E-state index is -0.295. The first-order valence-electron chi connectivity index (χ1n) is 5.46. The zero-order valence-electron chi connectivity index (χ0n) is 10.2. The first-order valence-corrected chi connectivity index (χ1v) is 5.46. The maximum Gasteiger partial charge on any atom is 0.275 e. The Kier molecular flexibility index (Phi) is 3.23. The molecule has 0 radical (unpaired) electrons. The number of amides is 1. The highest BCUT2D eigenvalue weighted by atomic mass is 16.2. The lowest BCUT2D eigenvalue weighted by Gasteiger charge is -2.04. The van der Waals surface area contributed by atoms with Gasteiger partial charge >= 0.3 is 0 Å². The number of aryl methyl sites for hydroxylation is 1. The number of aromatic nitrogens is 2. The summed E-state index contributed by atoms with van der Waals surface area (Å²) in [6.07, 6.45) is 3.19. The SMILES string of the molecule is CC(=O)c1cccc(NC(=O)c2cn(C)cn2)c1. The van der Waals surface area contributed by atoms with E-state index in [4.69, 9.17) is 0 Å². The lowest BCUT2D eigenvalue weighted by molar-refractivity contribution is 0.100. The fourth-order valence-electron chi connectivity index (χ4n) is 1.54. The molecule has 1 aromatic heterocycles. The Labute approximate surface area is 104 Å². The first kappa shape index (κ1) is 12.0. The van der Waals surface area contributed by atoms with Gasteiger partial charge in [0.25, 0.3) is 5.91 Å². The number of hydrogen-bond acceptors (Lipinski definition) is 3. The van der Waals surface area contributed by atoms with Gasteiger partial charge in [0.05, 0.1) is 6.33 Å². The molecule has 0 aliphatic carbocycles. The van der Waals surface area contributed by atoms with E-state index in [1.807, 2.05) is 0 Å². The highest BCUT2D eigenvalue weighted by Gasteiger charge is 2.09. The van der Waals surface area contributed by atoms with Crippen molar-refractivity contribution in [2.24, 2.45) is 7.05 Å². The van der Waals surface area contributed by atoms with Gasteiger partial charge in [0.1, 0.15) is 5.69 Å². The standard InChI is InChI=1S/C13H13N3O2/c1-9(17)10-4-3-5-11(6-10)15-13(18)12-7-16(2)8-14-12/h3-8H,1-2H3,(H,15,18). The summed E-state index contributed by atoms with van der Waals surface area (Å²) in [5, 5.41) is 2.70. The summed E-state index contributed by atoms with van der Waals surface area (Å²) >= 11 is 0. The zero-order valence-corrected chi connectivity index (χ0v) is 10.2. The molecule has 1 N–H and O–H groups in total. The summed E-state index contributed by atoms with van der Waals surface area (Å²) in [4.78, 5) is 27.0. The molecule has 5 heteroatoms. The lowest BCUT2D eigenvalue weighted by Crippen LogP contribution is -2.12. The summed E-state index contributed by atoms with van der Waals surface area (Å²) in [6, 6.07) is 6.81. The van der Waals surface area contributed by atoms with Crippen LogP contribution in [0.15, 0.2) is 36.8 Å². The molecule has 0 aliphatic heterocycles. The smallest absolute Gasteiger partial charge is 0.275 e. The highest BCUT2D eigenvalue weighted by molar-refractivity contribution is 6.03. The van der Waals surface area contributed by atoms with Crippen molar-refractivity contribution < 1.29 is 9.59 Å². The molecule has 0 saturated heterocycles. The minimum absolute atomic E-state index is 0.0380. The fraction of sp³-hybridized carbons (Fsp3) is 0.154. The van der Waals surface area contributed by atoms with Crippen molar-refractivity contribution in [1.82, 2.24) is 9.55 Å². The van der Waals surface area contributed by atoms with E-state index in [-0.39, 0.29) is 11.7 Å². The number of carbonyl (C=O) groups excluding carboxylic acids is 2. The van der Waals surface area contributed by atoms with Crippen molar-refractivity contribution in [3.8, 4) is 0 Å². The highest BCUT2D eigenvalue weighted by Crippen LogP contribution is 2.12. The van der Waals surface area contributed by atoms with Crippen LogP contribution in [0.2, 0.25) is 0 Å². The normalized spacial score (nSPS) is 10.1.